The van der Waals surface area contributed by atoms with Crippen molar-refractivity contribution < 1.29 is 28.1 Å². The quantitative estimate of drug-likeness (QED) is 0.695. The summed E-state index contributed by atoms with van der Waals surface area (Å²) in [5, 5.41) is 20.5. The molecule has 0 radical (unpaired) electrons. The van der Waals surface area contributed by atoms with Crippen LogP contribution in [0.3, 0.4) is 0 Å². The molecule has 0 saturated heterocycles. The lowest BCUT2D eigenvalue weighted by Gasteiger charge is -2.17. The smallest absolute Gasteiger partial charge is 0.415 e. The van der Waals surface area contributed by atoms with Gasteiger partial charge in [-0.3, -0.25) is 0 Å². The van der Waals surface area contributed by atoms with Crippen LogP contribution in [0.25, 0.3) is 0 Å². The molecular formula is C12H16F3NO3. The molecule has 0 aliphatic carbocycles. The molecule has 108 valence electrons. The molecule has 0 fully saturated rings. The molecule has 2 unspecified atom stereocenters. The van der Waals surface area contributed by atoms with E-state index in [0.717, 1.165) is 0 Å². The number of nitrogens with one attached hydrogen (secondary N) is 1. The second-order valence-corrected chi connectivity index (χ2v) is 3.99. The molecule has 0 aliphatic rings. The Morgan fingerprint density at radius 3 is 2.32 bits per heavy atom. The zero-order chi connectivity index (χ0) is 14.3. The lowest BCUT2D eigenvalue weighted by molar-refractivity contribution is -0.202. The van der Waals surface area contributed by atoms with Gasteiger partial charge in [0.25, 0.3) is 0 Å². The van der Waals surface area contributed by atoms with Gasteiger partial charge in [-0.15, -0.1) is 0 Å². The minimum absolute atomic E-state index is 0.0425. The fraction of sp³-hybridized carbons (Fsp3) is 0.500. The van der Waals surface area contributed by atoms with Crippen molar-refractivity contribution in [2.75, 3.05) is 19.7 Å². The summed E-state index contributed by atoms with van der Waals surface area (Å²) in [6.45, 7) is -0.801. The van der Waals surface area contributed by atoms with Gasteiger partial charge in [-0.05, 0) is 12.1 Å². The summed E-state index contributed by atoms with van der Waals surface area (Å²) in [7, 11) is 0. The predicted molar refractivity (Wildman–Crippen MR) is 62.9 cm³/mol. The summed E-state index contributed by atoms with van der Waals surface area (Å²) in [4.78, 5) is 0. The zero-order valence-electron chi connectivity index (χ0n) is 10.1. The van der Waals surface area contributed by atoms with E-state index in [0.29, 0.717) is 5.75 Å². The van der Waals surface area contributed by atoms with Crippen molar-refractivity contribution >= 4 is 0 Å². The van der Waals surface area contributed by atoms with Crippen LogP contribution < -0.4 is 10.1 Å². The second kappa shape index (κ2) is 7.32. The molecule has 1 rings (SSSR count). The zero-order valence-corrected chi connectivity index (χ0v) is 10.1. The average molecular weight is 279 g/mol. The Morgan fingerprint density at radius 1 is 1.11 bits per heavy atom. The van der Waals surface area contributed by atoms with Gasteiger partial charge < -0.3 is 20.3 Å². The summed E-state index contributed by atoms with van der Waals surface area (Å²) >= 11 is 0. The molecule has 4 nitrogen and oxygen atoms in total. The molecule has 0 amide bonds. The summed E-state index contributed by atoms with van der Waals surface area (Å²) in [5.41, 5.74) is 0. The molecule has 1 aromatic carbocycles. The summed E-state index contributed by atoms with van der Waals surface area (Å²) in [6.07, 6.45) is -8.05. The number of alkyl halides is 3. The SMILES string of the molecule is OC(CNCC(O)C(F)(F)F)COc1ccccc1. The van der Waals surface area contributed by atoms with Crippen molar-refractivity contribution in [3.63, 3.8) is 0 Å². The van der Waals surface area contributed by atoms with E-state index >= 15 is 0 Å². The maximum absolute atomic E-state index is 12.0. The Kier molecular flexibility index (Phi) is 6.07. The number of aliphatic hydroxyl groups excluding tert-OH is 2. The van der Waals surface area contributed by atoms with Crippen molar-refractivity contribution in [2.45, 2.75) is 18.4 Å². The standard InChI is InChI=1S/C12H16F3NO3/c13-12(14,15)11(18)7-16-6-9(17)8-19-10-4-2-1-3-5-10/h1-5,9,11,16-18H,6-8H2. The van der Waals surface area contributed by atoms with Crippen LogP contribution in [-0.4, -0.2) is 48.3 Å². The third-order valence-corrected chi connectivity index (χ3v) is 2.28. The molecule has 0 saturated carbocycles. The Bertz CT molecular complexity index is 359. The van der Waals surface area contributed by atoms with Gasteiger partial charge in [-0.25, -0.2) is 0 Å². The van der Waals surface area contributed by atoms with Crippen molar-refractivity contribution in [2.24, 2.45) is 0 Å². The highest BCUT2D eigenvalue weighted by molar-refractivity contribution is 5.20. The van der Waals surface area contributed by atoms with E-state index in [1.807, 2.05) is 6.07 Å². The number of hydrogen-bond donors (Lipinski definition) is 3. The molecule has 3 N–H and O–H groups in total. The van der Waals surface area contributed by atoms with Crippen LogP contribution >= 0.6 is 0 Å². The van der Waals surface area contributed by atoms with E-state index in [1.54, 1.807) is 24.3 Å². The maximum Gasteiger partial charge on any atom is 0.415 e. The van der Waals surface area contributed by atoms with Gasteiger partial charge >= 0.3 is 6.18 Å². The van der Waals surface area contributed by atoms with E-state index < -0.39 is 24.9 Å². The molecule has 7 heteroatoms. The van der Waals surface area contributed by atoms with Gasteiger partial charge in [0, 0.05) is 13.1 Å². The van der Waals surface area contributed by atoms with Crippen LogP contribution in [-0.2, 0) is 0 Å². The van der Waals surface area contributed by atoms with E-state index in [-0.39, 0.29) is 13.2 Å². The van der Waals surface area contributed by atoms with E-state index in [1.165, 1.54) is 0 Å². The van der Waals surface area contributed by atoms with Crippen LogP contribution in [0.4, 0.5) is 13.2 Å². The first-order chi connectivity index (χ1) is 8.89. The third kappa shape index (κ3) is 6.42. The Labute approximate surface area is 108 Å². The van der Waals surface area contributed by atoms with Crippen molar-refractivity contribution in [1.29, 1.82) is 0 Å². The molecular weight excluding hydrogens is 263 g/mol. The number of rotatable bonds is 7. The Hall–Kier alpha value is -1.31. The van der Waals surface area contributed by atoms with Gasteiger partial charge in [0.05, 0.1) is 0 Å². The minimum atomic E-state index is -4.65. The molecule has 0 bridgehead atoms. The molecule has 19 heavy (non-hydrogen) atoms. The van der Waals surface area contributed by atoms with Crippen LogP contribution in [0.5, 0.6) is 5.75 Å². The van der Waals surface area contributed by atoms with Gasteiger partial charge in [-0.2, -0.15) is 13.2 Å². The number of hydrogen-bond acceptors (Lipinski definition) is 4. The number of benzene rings is 1. The lowest BCUT2D eigenvalue weighted by atomic mass is 10.3. The number of halogens is 3. The summed E-state index contributed by atoms with van der Waals surface area (Å²) in [5.74, 6) is 0.567. The van der Waals surface area contributed by atoms with E-state index in [4.69, 9.17) is 9.84 Å². The van der Waals surface area contributed by atoms with Gasteiger partial charge in [0.15, 0.2) is 6.10 Å². The highest BCUT2D eigenvalue weighted by atomic mass is 19.4. The number of ether oxygens (including phenoxy) is 1. The molecule has 0 spiro atoms. The second-order valence-electron chi connectivity index (χ2n) is 3.99. The maximum atomic E-state index is 12.0. The fourth-order valence-corrected chi connectivity index (χ4v) is 1.27. The normalized spacial score (nSPS) is 15.0. The topological polar surface area (TPSA) is 61.7 Å². The first-order valence-electron chi connectivity index (χ1n) is 5.71. The Morgan fingerprint density at radius 2 is 1.74 bits per heavy atom. The molecule has 0 aromatic heterocycles. The Balaban J connectivity index is 2.17. The van der Waals surface area contributed by atoms with E-state index in [9.17, 15) is 18.3 Å². The van der Waals surface area contributed by atoms with Crippen LogP contribution in [0.1, 0.15) is 0 Å². The number of para-hydroxylation sites is 1. The average Bonchev–Trinajstić information content (AvgIpc) is 2.36. The molecule has 1 aromatic rings. The molecule has 2 atom stereocenters. The first-order valence-corrected chi connectivity index (χ1v) is 5.71. The monoisotopic (exact) mass is 279 g/mol. The van der Waals surface area contributed by atoms with Crippen LogP contribution in [0.15, 0.2) is 30.3 Å². The molecule has 0 aliphatic heterocycles. The fourth-order valence-electron chi connectivity index (χ4n) is 1.27. The van der Waals surface area contributed by atoms with Crippen molar-refractivity contribution in [3.8, 4) is 5.75 Å². The van der Waals surface area contributed by atoms with Gasteiger partial charge in [0.2, 0.25) is 0 Å². The van der Waals surface area contributed by atoms with Crippen LogP contribution in [0, 0.1) is 0 Å². The lowest BCUT2D eigenvalue weighted by Crippen LogP contribution is -2.41. The first kappa shape index (κ1) is 15.7. The molecule has 0 heterocycles. The minimum Gasteiger partial charge on any atom is -0.491 e. The highest BCUT2D eigenvalue weighted by Crippen LogP contribution is 2.19. The third-order valence-electron chi connectivity index (χ3n) is 2.28. The van der Waals surface area contributed by atoms with Crippen molar-refractivity contribution in [1.82, 2.24) is 5.32 Å². The van der Waals surface area contributed by atoms with Crippen LogP contribution in [0.2, 0.25) is 0 Å². The van der Waals surface area contributed by atoms with Crippen molar-refractivity contribution in [3.05, 3.63) is 30.3 Å². The van der Waals surface area contributed by atoms with E-state index in [2.05, 4.69) is 5.32 Å². The number of aliphatic hydroxyl groups is 2. The van der Waals surface area contributed by atoms with Gasteiger partial charge in [-0.1, -0.05) is 18.2 Å². The summed E-state index contributed by atoms with van der Waals surface area (Å²) in [6, 6.07) is 8.74. The highest BCUT2D eigenvalue weighted by Gasteiger charge is 2.37. The largest absolute Gasteiger partial charge is 0.491 e. The predicted octanol–water partition coefficient (Wildman–Crippen LogP) is 0.939. The summed E-state index contributed by atoms with van der Waals surface area (Å²) < 4.78 is 41.1. The van der Waals surface area contributed by atoms with Gasteiger partial charge in [0.1, 0.15) is 18.5 Å².